The maximum absolute atomic E-state index is 13.5. The van der Waals surface area contributed by atoms with Crippen LogP contribution in [0, 0.1) is 5.41 Å². The summed E-state index contributed by atoms with van der Waals surface area (Å²) >= 11 is 0.529. The van der Waals surface area contributed by atoms with E-state index in [4.69, 9.17) is 9.72 Å². The maximum atomic E-state index is 13.5. The Labute approximate surface area is 234 Å². The van der Waals surface area contributed by atoms with Crippen LogP contribution in [-0.2, 0) is 10.9 Å². The van der Waals surface area contributed by atoms with E-state index >= 15 is 0 Å². The van der Waals surface area contributed by atoms with E-state index in [0.717, 1.165) is 73.5 Å². The summed E-state index contributed by atoms with van der Waals surface area (Å²) < 4.78 is 51.3. The quantitative estimate of drug-likeness (QED) is 0.310. The van der Waals surface area contributed by atoms with E-state index in [1.165, 1.54) is 0 Å². The fourth-order valence-corrected chi connectivity index (χ4v) is 8.27. The summed E-state index contributed by atoms with van der Waals surface area (Å²) in [5.41, 5.74) is 3.11. The Balaban J connectivity index is 1.31. The van der Waals surface area contributed by atoms with Crippen LogP contribution in [0.4, 0.5) is 18.9 Å². The zero-order chi connectivity index (χ0) is 27.2. The van der Waals surface area contributed by atoms with Gasteiger partial charge in [-0.15, -0.1) is 0 Å². The van der Waals surface area contributed by atoms with Crippen molar-refractivity contribution >= 4 is 37.8 Å². The van der Waals surface area contributed by atoms with Gasteiger partial charge in [-0.1, -0.05) is 0 Å². The van der Waals surface area contributed by atoms with Gasteiger partial charge in [-0.25, -0.2) is 0 Å². The Bertz CT molecular complexity index is 1410. The monoisotopic (exact) mass is 628 g/mol. The number of imidazole rings is 1. The van der Waals surface area contributed by atoms with Gasteiger partial charge in [0.05, 0.1) is 0 Å². The van der Waals surface area contributed by atoms with Gasteiger partial charge in [-0.2, -0.15) is 0 Å². The number of fused-ring (bicyclic) bond motifs is 1. The Morgan fingerprint density at radius 2 is 1.92 bits per heavy atom. The zero-order valence-corrected chi connectivity index (χ0v) is 24.3. The Kier molecular flexibility index (Phi) is 6.19. The molecule has 2 unspecified atom stereocenters. The number of aliphatic hydroxyl groups is 1. The van der Waals surface area contributed by atoms with Crippen molar-refractivity contribution in [1.29, 1.82) is 0 Å². The molecule has 1 spiro atoms. The number of rotatable bonds is 6. The fourth-order valence-electron chi connectivity index (χ4n) is 5.77. The minimum absolute atomic E-state index is 0.109. The van der Waals surface area contributed by atoms with Gasteiger partial charge >= 0.3 is 235 Å². The minimum atomic E-state index is -4.48. The van der Waals surface area contributed by atoms with Gasteiger partial charge in [0.1, 0.15) is 0 Å². The fraction of sp³-hybridized carbons (Fsp3) is 0.654. The van der Waals surface area contributed by atoms with E-state index in [-0.39, 0.29) is 23.0 Å². The summed E-state index contributed by atoms with van der Waals surface area (Å²) in [6.45, 7) is 6.18. The molecule has 4 fully saturated rings. The first-order valence-electron chi connectivity index (χ1n) is 13.5. The molecule has 39 heavy (non-hydrogen) atoms. The number of aliphatic hydroxyl groups excluding tert-OH is 1. The van der Waals surface area contributed by atoms with Crippen LogP contribution in [0.15, 0.2) is 17.2 Å². The first-order chi connectivity index (χ1) is 18.6. The number of pyridine rings is 1. The number of alkyl halides is 3. The van der Waals surface area contributed by atoms with Crippen molar-refractivity contribution in [2.75, 3.05) is 24.6 Å². The number of ether oxygens (including phenoxy) is 1. The molecule has 210 valence electrons. The molecule has 13 heteroatoms. The van der Waals surface area contributed by atoms with Crippen LogP contribution in [0.1, 0.15) is 68.6 Å². The third-order valence-corrected chi connectivity index (χ3v) is 11.9. The normalized spacial score (nSPS) is 26.2. The number of aromatic nitrogens is 4. The predicted molar refractivity (Wildman–Crippen MR) is 142 cm³/mol. The first kappa shape index (κ1) is 26.3. The van der Waals surface area contributed by atoms with E-state index in [9.17, 15) is 18.3 Å². The van der Waals surface area contributed by atoms with Crippen molar-refractivity contribution in [2.45, 2.75) is 87.1 Å². The molecule has 2 aliphatic heterocycles. The third-order valence-electron chi connectivity index (χ3n) is 8.76. The summed E-state index contributed by atoms with van der Waals surface area (Å²) in [7, 11) is 0. The van der Waals surface area contributed by atoms with E-state index < -0.39 is 31.4 Å². The molecule has 0 amide bonds. The van der Waals surface area contributed by atoms with Gasteiger partial charge in [-0.3, -0.25) is 0 Å². The Morgan fingerprint density at radius 1 is 1.18 bits per heavy atom. The van der Waals surface area contributed by atoms with Crippen LogP contribution in [0.25, 0.3) is 15.9 Å². The standard InChI is InChI=1S/C26H31F3N6O2SSe/c1-14-20(36)25(13-37-14)7-9-34(10-8-25)17-11-16(38-33-24(2)5-6-24)12-35-19(18(15-3-4-15)30-21(17)35)22-31-32-23(39-22)26(27,28)29/h11-12,14-15,20,33,36H,3-10,13H2,1-2H3. The summed E-state index contributed by atoms with van der Waals surface area (Å²) in [6, 6.07) is 2.15. The molecular formula is C26H31F3N6O2SSe. The molecule has 2 atom stereocenters. The molecule has 7 rings (SSSR count). The number of nitrogens with one attached hydrogen (secondary N) is 1. The predicted octanol–water partition coefficient (Wildman–Crippen LogP) is 4.26. The number of piperidine rings is 1. The molecule has 2 saturated heterocycles. The summed E-state index contributed by atoms with van der Waals surface area (Å²) in [5.74, 6) is 0.234. The number of hydrogen-bond acceptors (Lipinski definition) is 8. The second-order valence-electron chi connectivity index (χ2n) is 11.9. The molecule has 2 aliphatic carbocycles. The van der Waals surface area contributed by atoms with E-state index in [1.54, 1.807) is 11.9 Å². The summed E-state index contributed by atoms with van der Waals surface area (Å²) in [4.78, 5) is 8.37. The zero-order valence-electron chi connectivity index (χ0n) is 21.8. The van der Waals surface area contributed by atoms with Crippen molar-refractivity contribution in [3.8, 4) is 10.3 Å². The Morgan fingerprint density at radius 3 is 2.51 bits per heavy atom. The SMILES string of the molecule is CC1OCC2(CCN(c3cc(SNC4(C)CC4)cn4c(-c5nnc(C(F)(F)F)[se]5)c(C5CC5)nc34)CC2)C1O. The number of anilines is 1. The molecule has 4 aliphatic rings. The number of nitrogens with zero attached hydrogens (tertiary/aromatic N) is 5. The van der Waals surface area contributed by atoms with Gasteiger partial charge in [0.25, 0.3) is 0 Å². The molecule has 2 saturated carbocycles. The molecule has 3 aromatic heterocycles. The first-order valence-corrected chi connectivity index (χ1v) is 16.0. The van der Waals surface area contributed by atoms with E-state index in [0.29, 0.717) is 16.9 Å². The average molecular weight is 628 g/mol. The van der Waals surface area contributed by atoms with Crippen LogP contribution in [0.2, 0.25) is 0 Å². The third kappa shape index (κ3) is 4.72. The molecule has 0 radical (unpaired) electrons. The molecule has 3 aromatic rings. The van der Waals surface area contributed by atoms with Crippen LogP contribution >= 0.6 is 11.9 Å². The second kappa shape index (κ2) is 9.19. The average Bonchev–Trinajstić information content (AvgIpc) is 3.77. The number of halogens is 3. The summed E-state index contributed by atoms with van der Waals surface area (Å²) in [6.07, 6.45) is 2.67. The van der Waals surface area contributed by atoms with Gasteiger partial charge < -0.3 is 0 Å². The molecule has 8 nitrogen and oxygen atoms in total. The van der Waals surface area contributed by atoms with Crippen molar-refractivity contribution < 1.29 is 23.0 Å². The van der Waals surface area contributed by atoms with Crippen molar-refractivity contribution in [1.82, 2.24) is 24.3 Å². The van der Waals surface area contributed by atoms with Crippen LogP contribution in [-0.4, -0.2) is 76.6 Å². The van der Waals surface area contributed by atoms with Crippen molar-refractivity contribution in [3.63, 3.8) is 0 Å². The topological polar surface area (TPSA) is 87.8 Å². The molecule has 2 N–H and O–H groups in total. The van der Waals surface area contributed by atoms with Crippen LogP contribution < -0.4 is 9.62 Å². The van der Waals surface area contributed by atoms with Crippen LogP contribution in [0.5, 0.6) is 0 Å². The van der Waals surface area contributed by atoms with Gasteiger partial charge in [0, 0.05) is 0 Å². The molecule has 0 bridgehead atoms. The van der Waals surface area contributed by atoms with Crippen LogP contribution in [0.3, 0.4) is 0 Å². The molecule has 0 aromatic carbocycles. The van der Waals surface area contributed by atoms with Gasteiger partial charge in [0.15, 0.2) is 0 Å². The van der Waals surface area contributed by atoms with Crippen molar-refractivity contribution in [2.24, 2.45) is 5.41 Å². The number of hydrogen-bond donors (Lipinski definition) is 2. The summed E-state index contributed by atoms with van der Waals surface area (Å²) in [5, 5.41) is 18.4. The second-order valence-corrected chi connectivity index (χ2v) is 14.8. The Hall–Kier alpha value is -1.63. The van der Waals surface area contributed by atoms with Crippen molar-refractivity contribution in [3.05, 3.63) is 22.5 Å². The molecule has 5 heterocycles. The van der Waals surface area contributed by atoms with Gasteiger partial charge in [0.2, 0.25) is 0 Å². The van der Waals surface area contributed by atoms with E-state index in [1.807, 2.05) is 17.5 Å². The molecular weight excluding hydrogens is 596 g/mol. The van der Waals surface area contributed by atoms with Gasteiger partial charge in [-0.05, 0) is 0 Å². The van der Waals surface area contributed by atoms with E-state index in [2.05, 4.69) is 32.8 Å².